The molecule has 0 saturated carbocycles. The van der Waals surface area contributed by atoms with E-state index in [4.69, 9.17) is 14.9 Å². The first-order valence-electron chi connectivity index (χ1n) is 15.8. The van der Waals surface area contributed by atoms with Gasteiger partial charge in [-0.1, -0.05) is 54.6 Å². The molecule has 0 saturated heterocycles. The molecule has 5 rings (SSSR count). The molecule has 3 N–H and O–H groups in total. The third-order valence-electron chi connectivity index (χ3n) is 7.88. The molecule has 0 bridgehead atoms. The number of hydrogen-bond acceptors (Lipinski definition) is 10. The Morgan fingerprint density at radius 1 is 0.960 bits per heavy atom. The molecule has 15 nitrogen and oxygen atoms in total. The smallest absolute Gasteiger partial charge is 0.413 e. The van der Waals surface area contributed by atoms with E-state index < -0.39 is 28.9 Å². The lowest BCUT2D eigenvalue weighted by molar-refractivity contribution is -0.384. The largest absolute Gasteiger partial charge is 0.465 e. The second kappa shape index (κ2) is 16.1. The van der Waals surface area contributed by atoms with Crippen molar-refractivity contribution >= 4 is 35.4 Å². The average Bonchev–Trinajstić information content (AvgIpc) is 3.52. The summed E-state index contributed by atoms with van der Waals surface area (Å²) in [7, 11) is 0. The Hall–Kier alpha value is -6.38. The summed E-state index contributed by atoms with van der Waals surface area (Å²) in [4.78, 5) is 63.8. The maximum Gasteiger partial charge on any atom is 0.413 e. The number of alkyl carbamates (subject to hydrolysis) is 1. The van der Waals surface area contributed by atoms with Crippen LogP contribution in [0.4, 0.5) is 10.5 Å². The summed E-state index contributed by atoms with van der Waals surface area (Å²) in [5.41, 5.74) is 3.35. The molecule has 1 atom stereocenters. The monoisotopic (exact) mass is 681 g/mol. The van der Waals surface area contributed by atoms with Crippen LogP contribution >= 0.6 is 0 Å². The summed E-state index contributed by atoms with van der Waals surface area (Å²) in [6.45, 7) is 2.49. The molecule has 50 heavy (non-hydrogen) atoms. The fourth-order valence-corrected chi connectivity index (χ4v) is 5.35. The topological polar surface area (TPSA) is 199 Å². The summed E-state index contributed by atoms with van der Waals surface area (Å²) in [6.07, 6.45) is 1.40. The quantitative estimate of drug-likeness (QED) is 0.0658. The van der Waals surface area contributed by atoms with Gasteiger partial charge in [-0.05, 0) is 30.2 Å². The van der Waals surface area contributed by atoms with E-state index in [2.05, 4.69) is 15.7 Å². The molecule has 4 aromatic rings. The fourth-order valence-electron chi connectivity index (χ4n) is 5.35. The summed E-state index contributed by atoms with van der Waals surface area (Å²) >= 11 is 0. The lowest BCUT2D eigenvalue weighted by Crippen LogP contribution is -2.50. The molecule has 0 spiro atoms. The van der Waals surface area contributed by atoms with Gasteiger partial charge in [0.25, 0.3) is 11.6 Å². The van der Waals surface area contributed by atoms with Gasteiger partial charge in [-0.2, -0.15) is 5.10 Å². The minimum atomic E-state index is -1.03. The first-order valence-corrected chi connectivity index (χ1v) is 15.8. The number of nitrogens with zero attached hydrogens (tertiary/aromatic N) is 4. The fraction of sp³-hybridized carbons (Fsp3) is 0.257. The van der Waals surface area contributed by atoms with Crippen molar-refractivity contribution in [2.45, 2.75) is 45.5 Å². The van der Waals surface area contributed by atoms with Gasteiger partial charge in [0.2, 0.25) is 5.91 Å². The van der Waals surface area contributed by atoms with Crippen LogP contribution < -0.4 is 10.6 Å². The summed E-state index contributed by atoms with van der Waals surface area (Å²) in [6, 6.07) is 19.7. The van der Waals surface area contributed by atoms with Crippen molar-refractivity contribution in [3.8, 4) is 0 Å². The molecule has 3 amide bonds. The van der Waals surface area contributed by atoms with Crippen molar-refractivity contribution < 1.29 is 33.6 Å². The van der Waals surface area contributed by atoms with Crippen LogP contribution in [0.15, 0.2) is 85.1 Å². The van der Waals surface area contributed by atoms with Gasteiger partial charge in [0, 0.05) is 61.0 Å². The maximum atomic E-state index is 13.9. The number of rotatable bonds is 12. The van der Waals surface area contributed by atoms with Crippen LogP contribution in [-0.2, 0) is 51.6 Å². The minimum Gasteiger partial charge on any atom is -0.465 e. The van der Waals surface area contributed by atoms with Crippen molar-refractivity contribution in [3.63, 3.8) is 0 Å². The van der Waals surface area contributed by atoms with Crippen LogP contribution in [0.25, 0.3) is 0 Å². The maximum absolute atomic E-state index is 13.9. The van der Waals surface area contributed by atoms with Gasteiger partial charge in [0.1, 0.15) is 25.0 Å². The van der Waals surface area contributed by atoms with Crippen molar-refractivity contribution in [3.05, 3.63) is 129 Å². The molecule has 258 valence electrons. The van der Waals surface area contributed by atoms with Crippen LogP contribution in [0.1, 0.15) is 45.2 Å². The summed E-state index contributed by atoms with van der Waals surface area (Å²) in [5.74, 6) is -1.57. The van der Waals surface area contributed by atoms with Crippen LogP contribution in [0.2, 0.25) is 0 Å². The van der Waals surface area contributed by atoms with Gasteiger partial charge in [-0.15, -0.1) is 0 Å². The predicted octanol–water partition coefficient (Wildman–Crippen LogP) is 3.53. The predicted molar refractivity (Wildman–Crippen MR) is 179 cm³/mol. The lowest BCUT2D eigenvalue weighted by atomic mass is 10.0. The Bertz CT molecular complexity index is 1880. The summed E-state index contributed by atoms with van der Waals surface area (Å²) < 4.78 is 11.6. The van der Waals surface area contributed by atoms with E-state index in [0.29, 0.717) is 24.1 Å². The third-order valence-corrected chi connectivity index (χ3v) is 7.88. The van der Waals surface area contributed by atoms with Gasteiger partial charge in [-0.25, -0.2) is 4.79 Å². The van der Waals surface area contributed by atoms with Gasteiger partial charge in [-0.3, -0.25) is 39.9 Å². The number of benzene rings is 3. The second-order valence-corrected chi connectivity index (χ2v) is 11.4. The highest BCUT2D eigenvalue weighted by Gasteiger charge is 2.31. The number of amidine groups is 1. The van der Waals surface area contributed by atoms with Gasteiger partial charge >= 0.3 is 12.1 Å². The highest BCUT2D eigenvalue weighted by Crippen LogP contribution is 2.20. The number of ether oxygens (including phenoxy) is 2. The third kappa shape index (κ3) is 9.15. The van der Waals surface area contributed by atoms with Crippen LogP contribution in [0, 0.1) is 15.5 Å². The lowest BCUT2D eigenvalue weighted by Gasteiger charge is -2.30. The molecule has 15 heteroatoms. The first-order chi connectivity index (χ1) is 24.1. The molecule has 0 unspecified atom stereocenters. The molecule has 2 heterocycles. The SMILES string of the molecule is CCOC(=O)Cn1cc2c(n1)CCN(C(=O)[C@H](Cc1ccc([N+](=O)[O-])cc1)NC(=O)c1ccc(C(=N)NC(=O)OCc3ccccc3)cc1)C2. The zero-order valence-corrected chi connectivity index (χ0v) is 27.2. The van der Waals surface area contributed by atoms with Crippen molar-refractivity contribution in [2.24, 2.45) is 0 Å². The van der Waals surface area contributed by atoms with Crippen molar-refractivity contribution in [1.29, 1.82) is 5.41 Å². The van der Waals surface area contributed by atoms with E-state index in [9.17, 15) is 29.3 Å². The normalized spacial score (nSPS) is 12.6. The number of nitrogens with one attached hydrogen (secondary N) is 3. The number of carbonyl (C=O) groups excluding carboxylic acids is 4. The highest BCUT2D eigenvalue weighted by atomic mass is 16.6. The number of nitro benzene ring substituents is 1. The zero-order chi connectivity index (χ0) is 35.6. The number of carbonyl (C=O) groups is 4. The minimum absolute atomic E-state index is 0.0382. The Labute approximate surface area is 286 Å². The number of esters is 1. The average molecular weight is 682 g/mol. The Kier molecular flexibility index (Phi) is 11.3. The molecule has 0 fully saturated rings. The molecule has 0 radical (unpaired) electrons. The van der Waals surface area contributed by atoms with Gasteiger partial charge < -0.3 is 19.7 Å². The van der Waals surface area contributed by atoms with E-state index >= 15 is 0 Å². The molecule has 0 aliphatic carbocycles. The molecule has 3 aromatic carbocycles. The number of fused-ring (bicyclic) bond motifs is 1. The Morgan fingerprint density at radius 3 is 2.34 bits per heavy atom. The number of non-ortho nitro benzene ring substituents is 1. The van der Waals surface area contributed by atoms with E-state index in [-0.39, 0.29) is 55.7 Å². The van der Waals surface area contributed by atoms with Crippen LogP contribution in [0.5, 0.6) is 0 Å². The zero-order valence-electron chi connectivity index (χ0n) is 27.2. The Morgan fingerprint density at radius 2 is 1.66 bits per heavy atom. The molecule has 1 aliphatic rings. The molecule has 1 aliphatic heterocycles. The molecule has 1 aromatic heterocycles. The number of hydrogen-bond donors (Lipinski definition) is 3. The summed E-state index contributed by atoms with van der Waals surface area (Å²) in [5, 5.41) is 29.0. The standard InChI is InChI=1S/C35H35N7O8/c1-2-49-31(43)21-41-20-27-19-40(17-16-29(27)39-41)34(45)30(18-23-8-14-28(15-9-23)42(47)48)37-33(44)26-12-10-25(11-13-26)32(36)38-35(46)50-22-24-6-4-3-5-7-24/h3-15,20,30H,2,16-19,21-22H2,1H3,(H,37,44)(H2,36,38,46)/t30-/m0/s1. The van der Waals surface area contributed by atoms with E-state index in [1.807, 2.05) is 18.2 Å². The Balaban J connectivity index is 1.25. The van der Waals surface area contributed by atoms with E-state index in [1.165, 1.54) is 53.2 Å². The van der Waals surface area contributed by atoms with Gasteiger partial charge in [0.05, 0.1) is 17.2 Å². The van der Waals surface area contributed by atoms with Crippen LogP contribution in [0.3, 0.4) is 0 Å². The number of amides is 3. The second-order valence-electron chi connectivity index (χ2n) is 11.4. The van der Waals surface area contributed by atoms with Crippen molar-refractivity contribution in [2.75, 3.05) is 13.2 Å². The van der Waals surface area contributed by atoms with Crippen LogP contribution in [-0.4, -0.2) is 68.5 Å². The number of aromatic nitrogens is 2. The van der Waals surface area contributed by atoms with Gasteiger partial charge in [0.15, 0.2) is 0 Å². The first kappa shape index (κ1) is 34.9. The molecular formula is C35H35N7O8. The van der Waals surface area contributed by atoms with Crippen molar-refractivity contribution in [1.82, 2.24) is 25.3 Å². The molecular weight excluding hydrogens is 646 g/mol. The number of nitro groups is 1. The highest BCUT2D eigenvalue weighted by molar-refractivity contribution is 6.05. The van der Waals surface area contributed by atoms with E-state index in [0.717, 1.165) is 16.8 Å². The van der Waals surface area contributed by atoms with E-state index in [1.54, 1.807) is 30.2 Å².